The van der Waals surface area contributed by atoms with Crippen molar-refractivity contribution in [1.82, 2.24) is 9.84 Å². The average molecular weight is 336 g/mol. The van der Waals surface area contributed by atoms with Crippen LogP contribution in [0.25, 0.3) is 0 Å². The minimum atomic E-state index is -3.29. The van der Waals surface area contributed by atoms with Crippen LogP contribution < -0.4 is 9.57 Å². The average Bonchev–Trinajstić information content (AvgIpc) is 2.55. The van der Waals surface area contributed by atoms with Crippen molar-refractivity contribution in [3.05, 3.63) is 42.0 Å². The highest BCUT2D eigenvalue weighted by molar-refractivity contribution is 7.89. The molecule has 1 spiro atoms. The number of hydrogen-bond donors (Lipinski definition) is 1. The molecule has 3 rings (SSSR count). The first-order valence-corrected chi connectivity index (χ1v) is 9.29. The van der Waals surface area contributed by atoms with Crippen LogP contribution in [-0.4, -0.2) is 43.7 Å². The second-order valence-corrected chi connectivity index (χ2v) is 7.87. The van der Waals surface area contributed by atoms with Gasteiger partial charge in [-0.2, -0.15) is 0 Å². The summed E-state index contributed by atoms with van der Waals surface area (Å²) in [4.78, 5) is 15.1. The molecule has 0 aliphatic carbocycles. The second kappa shape index (κ2) is 5.74. The van der Waals surface area contributed by atoms with Gasteiger partial charge in [-0.15, -0.1) is 4.83 Å². The van der Waals surface area contributed by atoms with Gasteiger partial charge in [0.1, 0.15) is 11.4 Å². The third-order valence-corrected chi connectivity index (χ3v) is 5.78. The Hall–Kier alpha value is -1.70. The Balaban J connectivity index is 1.78. The molecule has 0 atom stereocenters. The van der Waals surface area contributed by atoms with Crippen molar-refractivity contribution in [2.45, 2.75) is 25.4 Å². The number of ether oxygens (including phenoxy) is 1. The number of carbonyl (C=O) groups excluding carboxylic acids is 1. The largest absolute Gasteiger partial charge is 0.482 e. The smallest absolute Gasteiger partial charge is 0.224 e. The highest BCUT2D eigenvalue weighted by Crippen LogP contribution is 2.41. The zero-order valence-corrected chi connectivity index (χ0v) is 13.9. The van der Waals surface area contributed by atoms with E-state index in [-0.39, 0.29) is 11.5 Å². The Morgan fingerprint density at radius 1 is 1.30 bits per heavy atom. The number of hydrogen-bond acceptors (Lipinski definition) is 5. The van der Waals surface area contributed by atoms with Gasteiger partial charge in [0.15, 0.2) is 5.78 Å². The summed E-state index contributed by atoms with van der Waals surface area (Å²) in [6, 6.07) is 7.15. The number of Topliss-reactive ketones (excluding diaryl/α,β-unsaturated/α-hetero) is 1. The van der Waals surface area contributed by atoms with Crippen LogP contribution >= 0.6 is 0 Å². The number of fused-ring (bicyclic) bond motifs is 1. The van der Waals surface area contributed by atoms with Crippen LogP contribution in [0.2, 0.25) is 0 Å². The van der Waals surface area contributed by atoms with Crippen molar-refractivity contribution in [3.63, 3.8) is 0 Å². The van der Waals surface area contributed by atoms with Gasteiger partial charge in [0.05, 0.1) is 11.3 Å². The lowest BCUT2D eigenvalue weighted by Crippen LogP contribution is -2.56. The molecule has 1 aromatic carbocycles. The number of rotatable bonds is 3. The number of nitrogens with one attached hydrogen (secondary N) is 1. The fourth-order valence-corrected chi connectivity index (χ4v) is 3.71. The molecule has 2 aliphatic heterocycles. The number of hydrazine groups is 1. The summed E-state index contributed by atoms with van der Waals surface area (Å²) in [5.41, 5.74) is 0.256. The van der Waals surface area contributed by atoms with Gasteiger partial charge >= 0.3 is 0 Å². The third kappa shape index (κ3) is 2.91. The van der Waals surface area contributed by atoms with Crippen molar-refractivity contribution >= 4 is 15.8 Å². The Morgan fingerprint density at radius 3 is 2.61 bits per heavy atom. The van der Waals surface area contributed by atoms with E-state index < -0.39 is 15.6 Å². The van der Waals surface area contributed by atoms with Crippen molar-refractivity contribution in [3.8, 4) is 5.75 Å². The van der Waals surface area contributed by atoms with E-state index in [1.54, 1.807) is 30.1 Å². The van der Waals surface area contributed by atoms with E-state index >= 15 is 0 Å². The van der Waals surface area contributed by atoms with Gasteiger partial charge in [0.25, 0.3) is 0 Å². The summed E-state index contributed by atoms with van der Waals surface area (Å²) in [6.07, 6.45) is 1.02. The molecule has 2 heterocycles. The Morgan fingerprint density at radius 2 is 1.96 bits per heavy atom. The lowest BCUT2D eigenvalue weighted by molar-refractivity contribution is 0.0166. The predicted molar refractivity (Wildman–Crippen MR) is 86.7 cm³/mol. The summed E-state index contributed by atoms with van der Waals surface area (Å²) in [6.45, 7) is 6.48. The third-order valence-electron chi connectivity index (χ3n) is 4.48. The molecular weight excluding hydrogens is 316 g/mol. The molecule has 0 radical (unpaired) electrons. The van der Waals surface area contributed by atoms with Crippen LogP contribution in [-0.2, 0) is 10.0 Å². The van der Waals surface area contributed by atoms with Crippen LogP contribution in [0.15, 0.2) is 36.4 Å². The molecule has 1 aromatic rings. The van der Waals surface area contributed by atoms with Crippen LogP contribution in [0.1, 0.15) is 30.1 Å². The van der Waals surface area contributed by atoms with Gasteiger partial charge in [-0.1, -0.05) is 18.7 Å². The number of benzene rings is 1. The molecule has 0 bridgehead atoms. The molecule has 0 amide bonds. The fourth-order valence-electron chi connectivity index (χ4n) is 3.01. The minimum Gasteiger partial charge on any atom is -0.482 e. The second-order valence-electron chi connectivity index (χ2n) is 5.88. The SMILES string of the molecule is C=C1C(=O)c2ccccc2OC12CCN(NS(=O)(=O)CC)CC2. The molecule has 23 heavy (non-hydrogen) atoms. The van der Waals surface area contributed by atoms with Gasteiger partial charge in [0.2, 0.25) is 10.0 Å². The molecule has 0 aromatic heterocycles. The maximum absolute atomic E-state index is 12.5. The summed E-state index contributed by atoms with van der Waals surface area (Å²) in [5.74, 6) is 0.519. The van der Waals surface area contributed by atoms with Crippen molar-refractivity contribution in [2.75, 3.05) is 18.8 Å². The summed E-state index contributed by atoms with van der Waals surface area (Å²) in [5, 5.41) is 1.66. The van der Waals surface area contributed by atoms with Crippen LogP contribution in [0.3, 0.4) is 0 Å². The normalized spacial score (nSPS) is 21.1. The van der Waals surface area contributed by atoms with Crippen molar-refractivity contribution in [2.24, 2.45) is 0 Å². The van der Waals surface area contributed by atoms with Crippen LogP contribution in [0, 0.1) is 0 Å². The Bertz CT molecular complexity index is 749. The number of nitrogens with zero attached hydrogens (tertiary/aromatic N) is 1. The lowest BCUT2D eigenvalue weighted by atomic mass is 9.79. The quantitative estimate of drug-likeness (QED) is 0.847. The minimum absolute atomic E-state index is 0.0315. The van der Waals surface area contributed by atoms with E-state index in [0.29, 0.717) is 42.8 Å². The number of ketones is 1. The monoisotopic (exact) mass is 336 g/mol. The molecular formula is C16H20N2O4S. The van der Waals surface area contributed by atoms with Crippen LogP contribution in [0.4, 0.5) is 0 Å². The molecule has 7 heteroatoms. The lowest BCUT2D eigenvalue weighted by Gasteiger charge is -2.44. The topological polar surface area (TPSA) is 75.7 Å². The number of carbonyl (C=O) groups is 1. The molecule has 0 unspecified atom stereocenters. The van der Waals surface area contributed by atoms with Gasteiger partial charge in [-0.25, -0.2) is 13.4 Å². The van der Waals surface area contributed by atoms with Crippen LogP contribution in [0.5, 0.6) is 5.75 Å². The summed E-state index contributed by atoms with van der Waals surface area (Å²) in [7, 11) is -3.29. The molecule has 124 valence electrons. The molecule has 2 aliphatic rings. The number of para-hydroxylation sites is 1. The maximum Gasteiger partial charge on any atom is 0.224 e. The van der Waals surface area contributed by atoms with E-state index in [4.69, 9.17) is 4.74 Å². The first-order chi connectivity index (χ1) is 10.9. The van der Waals surface area contributed by atoms with Gasteiger partial charge in [-0.3, -0.25) is 4.79 Å². The number of sulfonamides is 1. The van der Waals surface area contributed by atoms with E-state index in [9.17, 15) is 13.2 Å². The summed E-state index contributed by atoms with van der Waals surface area (Å²) < 4.78 is 29.4. The molecule has 0 saturated carbocycles. The number of piperidine rings is 1. The van der Waals surface area contributed by atoms with E-state index in [1.165, 1.54) is 0 Å². The van der Waals surface area contributed by atoms with Crippen molar-refractivity contribution < 1.29 is 17.9 Å². The first kappa shape index (κ1) is 16.2. The van der Waals surface area contributed by atoms with Gasteiger partial charge in [0, 0.05) is 31.5 Å². The highest BCUT2D eigenvalue weighted by Gasteiger charge is 2.46. The molecule has 1 N–H and O–H groups in total. The fraction of sp³-hybridized carbons (Fsp3) is 0.438. The first-order valence-electron chi connectivity index (χ1n) is 7.64. The molecule has 1 saturated heterocycles. The van der Waals surface area contributed by atoms with E-state index in [2.05, 4.69) is 11.4 Å². The molecule has 1 fully saturated rings. The van der Waals surface area contributed by atoms with E-state index in [0.717, 1.165) is 0 Å². The van der Waals surface area contributed by atoms with Gasteiger partial charge < -0.3 is 4.74 Å². The Kier molecular flexibility index (Phi) is 4.03. The molecule has 6 nitrogen and oxygen atoms in total. The zero-order valence-electron chi connectivity index (χ0n) is 13.0. The van der Waals surface area contributed by atoms with Crippen molar-refractivity contribution in [1.29, 1.82) is 0 Å². The van der Waals surface area contributed by atoms with Gasteiger partial charge in [-0.05, 0) is 19.1 Å². The predicted octanol–water partition coefficient (Wildman–Crippen LogP) is 1.51. The van der Waals surface area contributed by atoms with E-state index in [1.807, 2.05) is 6.07 Å². The Labute approximate surface area is 136 Å². The standard InChI is InChI=1S/C16H20N2O4S/c1-3-23(20,21)17-18-10-8-16(9-11-18)12(2)15(19)13-6-4-5-7-14(13)22-16/h4-7,17H,2-3,8-11H2,1H3. The summed E-state index contributed by atoms with van der Waals surface area (Å²) >= 11 is 0. The maximum atomic E-state index is 12.5. The highest BCUT2D eigenvalue weighted by atomic mass is 32.2. The zero-order chi connectivity index (χ0) is 16.7.